The number of nitrogens with two attached hydrogens (primary N) is 1. The highest BCUT2D eigenvalue weighted by molar-refractivity contribution is 5.84. The molecule has 2 aromatic carbocycles. The van der Waals surface area contributed by atoms with Gasteiger partial charge in [-0.1, -0.05) is 18.2 Å². The highest BCUT2D eigenvalue weighted by Crippen LogP contribution is 2.24. The average Bonchev–Trinajstić information content (AvgIpc) is 2.69. The first-order valence-corrected chi connectivity index (χ1v) is 8.49. The first-order chi connectivity index (χ1) is 12.7. The Kier molecular flexibility index (Phi) is 4.29. The van der Waals surface area contributed by atoms with E-state index in [2.05, 4.69) is 32.4 Å². The van der Waals surface area contributed by atoms with E-state index in [1.807, 2.05) is 55.6 Å². The van der Waals surface area contributed by atoms with Crippen LogP contribution >= 0.6 is 0 Å². The fraction of sp³-hybridized carbons (Fsp3) is 0.0952. The first-order valence-electron chi connectivity index (χ1n) is 8.49. The lowest BCUT2D eigenvalue weighted by atomic mass is 10.1. The molecule has 0 radical (unpaired) electrons. The third-order valence-corrected chi connectivity index (χ3v) is 4.29. The van der Waals surface area contributed by atoms with Crippen molar-refractivity contribution < 1.29 is 0 Å². The monoisotopic (exact) mass is 341 g/mol. The smallest absolute Gasteiger partial charge is 0.227 e. The van der Waals surface area contributed by atoms with E-state index >= 15 is 0 Å². The predicted octanol–water partition coefficient (Wildman–Crippen LogP) is 4.46. The fourth-order valence-corrected chi connectivity index (χ4v) is 2.82. The minimum absolute atomic E-state index is 0.0237. The molecule has 0 unspecified atom stereocenters. The van der Waals surface area contributed by atoms with Crippen molar-refractivity contribution in [1.29, 1.82) is 0 Å². The van der Waals surface area contributed by atoms with E-state index in [4.69, 9.17) is 5.73 Å². The lowest BCUT2D eigenvalue weighted by Gasteiger charge is -2.09. The molecular weight excluding hydrogens is 322 g/mol. The van der Waals surface area contributed by atoms with Crippen LogP contribution in [0.3, 0.4) is 0 Å². The molecule has 2 aromatic heterocycles. The van der Waals surface area contributed by atoms with Gasteiger partial charge in [-0.05, 0) is 60.0 Å². The maximum Gasteiger partial charge on any atom is 0.227 e. The standard InChI is InChI=1S/C21H19N5/c1-14(22)15-2-5-19(6-3-15)25-21-24-13-18-12-17(4-7-20(18)26-21)16-8-10-23-11-9-16/h2-14H,22H2,1H3,(H,24,25,26)/t14-/m1/s1. The van der Waals surface area contributed by atoms with Gasteiger partial charge in [0.1, 0.15) is 0 Å². The van der Waals surface area contributed by atoms with Crippen LogP contribution in [0.25, 0.3) is 22.0 Å². The van der Waals surface area contributed by atoms with Crippen molar-refractivity contribution in [2.45, 2.75) is 13.0 Å². The molecule has 0 saturated heterocycles. The van der Waals surface area contributed by atoms with E-state index in [9.17, 15) is 0 Å². The maximum absolute atomic E-state index is 5.88. The van der Waals surface area contributed by atoms with Crippen LogP contribution in [0.5, 0.6) is 0 Å². The second-order valence-corrected chi connectivity index (χ2v) is 6.24. The molecule has 0 aliphatic heterocycles. The summed E-state index contributed by atoms with van der Waals surface area (Å²) in [6.45, 7) is 1.97. The average molecular weight is 341 g/mol. The van der Waals surface area contributed by atoms with Gasteiger partial charge in [0.2, 0.25) is 5.95 Å². The topological polar surface area (TPSA) is 76.7 Å². The summed E-state index contributed by atoms with van der Waals surface area (Å²) >= 11 is 0. The molecular formula is C21H19N5. The van der Waals surface area contributed by atoms with E-state index in [-0.39, 0.29) is 6.04 Å². The lowest BCUT2D eigenvalue weighted by Crippen LogP contribution is -2.04. The number of nitrogens with one attached hydrogen (secondary N) is 1. The Balaban J connectivity index is 1.59. The third-order valence-electron chi connectivity index (χ3n) is 4.29. The van der Waals surface area contributed by atoms with Crippen LogP contribution < -0.4 is 11.1 Å². The van der Waals surface area contributed by atoms with Crippen molar-refractivity contribution in [3.63, 3.8) is 0 Å². The zero-order chi connectivity index (χ0) is 17.9. The third kappa shape index (κ3) is 3.38. The largest absolute Gasteiger partial charge is 0.324 e. The Hall–Kier alpha value is -3.31. The molecule has 5 heteroatoms. The number of benzene rings is 2. The summed E-state index contributed by atoms with van der Waals surface area (Å²) in [4.78, 5) is 13.1. The van der Waals surface area contributed by atoms with Gasteiger partial charge in [0.15, 0.2) is 0 Å². The number of aromatic nitrogens is 3. The van der Waals surface area contributed by atoms with Crippen LogP contribution in [0.4, 0.5) is 11.6 Å². The predicted molar refractivity (Wildman–Crippen MR) is 105 cm³/mol. The van der Waals surface area contributed by atoms with Gasteiger partial charge in [0.25, 0.3) is 0 Å². The second-order valence-electron chi connectivity index (χ2n) is 6.24. The number of hydrogen-bond donors (Lipinski definition) is 2. The van der Waals surface area contributed by atoms with Crippen LogP contribution in [0.2, 0.25) is 0 Å². The molecule has 1 atom stereocenters. The summed E-state index contributed by atoms with van der Waals surface area (Å²) in [5.74, 6) is 0.572. The molecule has 0 aliphatic carbocycles. The van der Waals surface area contributed by atoms with E-state index < -0.39 is 0 Å². The normalized spacial score (nSPS) is 12.1. The van der Waals surface area contributed by atoms with Gasteiger partial charge in [0, 0.05) is 35.7 Å². The zero-order valence-corrected chi connectivity index (χ0v) is 14.4. The molecule has 0 spiro atoms. The van der Waals surface area contributed by atoms with Crippen LogP contribution in [0.1, 0.15) is 18.5 Å². The van der Waals surface area contributed by atoms with Crippen molar-refractivity contribution in [1.82, 2.24) is 15.0 Å². The van der Waals surface area contributed by atoms with Crippen molar-refractivity contribution in [3.8, 4) is 11.1 Å². The van der Waals surface area contributed by atoms with E-state index in [0.29, 0.717) is 5.95 Å². The lowest BCUT2D eigenvalue weighted by molar-refractivity contribution is 0.818. The van der Waals surface area contributed by atoms with E-state index in [1.54, 1.807) is 12.4 Å². The summed E-state index contributed by atoms with van der Waals surface area (Å²) in [6.07, 6.45) is 5.42. The summed E-state index contributed by atoms with van der Waals surface area (Å²) in [5.41, 5.74) is 11.1. The summed E-state index contributed by atoms with van der Waals surface area (Å²) in [5, 5.41) is 4.23. The molecule has 26 heavy (non-hydrogen) atoms. The number of pyridine rings is 1. The Labute approximate surface area is 152 Å². The van der Waals surface area contributed by atoms with Gasteiger partial charge < -0.3 is 11.1 Å². The quantitative estimate of drug-likeness (QED) is 0.573. The Bertz CT molecular complexity index is 1030. The Morgan fingerprint density at radius 3 is 2.42 bits per heavy atom. The first kappa shape index (κ1) is 16.2. The van der Waals surface area contributed by atoms with Crippen LogP contribution in [-0.4, -0.2) is 15.0 Å². The Morgan fingerprint density at radius 2 is 1.69 bits per heavy atom. The minimum atomic E-state index is 0.0237. The van der Waals surface area contributed by atoms with Crippen molar-refractivity contribution in [2.75, 3.05) is 5.32 Å². The summed E-state index contributed by atoms with van der Waals surface area (Å²) in [6, 6.07) is 18.2. The number of anilines is 2. The molecule has 0 fully saturated rings. The zero-order valence-electron chi connectivity index (χ0n) is 14.4. The van der Waals surface area contributed by atoms with Gasteiger partial charge >= 0.3 is 0 Å². The molecule has 4 aromatic rings. The van der Waals surface area contributed by atoms with Gasteiger partial charge in [-0.3, -0.25) is 4.98 Å². The van der Waals surface area contributed by atoms with E-state index in [0.717, 1.165) is 33.3 Å². The van der Waals surface area contributed by atoms with Gasteiger partial charge in [-0.25, -0.2) is 9.97 Å². The minimum Gasteiger partial charge on any atom is -0.324 e. The van der Waals surface area contributed by atoms with Gasteiger partial charge in [0.05, 0.1) is 5.52 Å². The van der Waals surface area contributed by atoms with Crippen LogP contribution in [0.15, 0.2) is 73.2 Å². The number of rotatable bonds is 4. The molecule has 4 rings (SSSR count). The number of hydrogen-bond acceptors (Lipinski definition) is 5. The molecule has 0 amide bonds. The molecule has 2 heterocycles. The van der Waals surface area contributed by atoms with Crippen LogP contribution in [0, 0.1) is 0 Å². The molecule has 5 nitrogen and oxygen atoms in total. The number of nitrogens with zero attached hydrogens (tertiary/aromatic N) is 3. The fourth-order valence-electron chi connectivity index (χ4n) is 2.82. The van der Waals surface area contributed by atoms with Crippen molar-refractivity contribution in [3.05, 3.63) is 78.8 Å². The molecule has 0 bridgehead atoms. The van der Waals surface area contributed by atoms with Crippen LogP contribution in [-0.2, 0) is 0 Å². The van der Waals surface area contributed by atoms with Crippen molar-refractivity contribution >= 4 is 22.5 Å². The van der Waals surface area contributed by atoms with Crippen molar-refractivity contribution in [2.24, 2.45) is 5.73 Å². The van der Waals surface area contributed by atoms with Gasteiger partial charge in [-0.15, -0.1) is 0 Å². The Morgan fingerprint density at radius 1 is 0.923 bits per heavy atom. The SMILES string of the molecule is C[C@@H](N)c1ccc(Nc2ncc3cc(-c4ccncc4)ccc3n2)cc1. The summed E-state index contributed by atoms with van der Waals surface area (Å²) in [7, 11) is 0. The van der Waals surface area contributed by atoms with Gasteiger partial charge in [-0.2, -0.15) is 0 Å². The highest BCUT2D eigenvalue weighted by Gasteiger charge is 2.04. The summed E-state index contributed by atoms with van der Waals surface area (Å²) < 4.78 is 0. The molecule has 3 N–H and O–H groups in total. The highest BCUT2D eigenvalue weighted by atomic mass is 15.1. The van der Waals surface area contributed by atoms with E-state index in [1.165, 1.54) is 0 Å². The molecule has 0 saturated carbocycles. The maximum atomic E-state index is 5.88. The number of fused-ring (bicyclic) bond motifs is 1. The second kappa shape index (κ2) is 6.90. The molecule has 0 aliphatic rings. The molecule has 128 valence electrons.